The summed E-state index contributed by atoms with van der Waals surface area (Å²) in [6.07, 6.45) is -12.1. The molecule has 2 heterocycles. The molecule has 0 aliphatic carbocycles. The molecule has 16 nitrogen and oxygen atoms in total. The maximum Gasteiger partial charge on any atom is 0.331 e. The van der Waals surface area contributed by atoms with Gasteiger partial charge < -0.3 is 74.4 Å². The third kappa shape index (κ3) is 9.79. The van der Waals surface area contributed by atoms with Crippen molar-refractivity contribution in [3.05, 3.63) is 53.6 Å². The second kappa shape index (κ2) is 17.4. The van der Waals surface area contributed by atoms with Crippen LogP contribution in [0.3, 0.4) is 0 Å². The Morgan fingerprint density at radius 3 is 2.14 bits per heavy atom. The van der Waals surface area contributed by atoms with Crippen LogP contribution in [0.15, 0.2) is 42.5 Å². The number of phenolic OH excluding ortho intramolecular Hbond substituents is 4. The molecule has 2 aromatic carbocycles. The monoisotopic (exact) mass is 696 g/mol. The van der Waals surface area contributed by atoms with Gasteiger partial charge in [0.2, 0.25) is 0 Å². The fraction of sp³-hybridized carbons (Fsp3) is 0.545. The van der Waals surface area contributed by atoms with Crippen LogP contribution in [0, 0.1) is 0 Å². The molecule has 2 fully saturated rings. The minimum absolute atomic E-state index is 0.255. The zero-order chi connectivity index (χ0) is 35.8. The number of aliphatic hydroxyl groups excluding tert-OH is 5. The first-order valence-electron chi connectivity index (χ1n) is 15.8. The number of esters is 1. The summed E-state index contributed by atoms with van der Waals surface area (Å²) < 4.78 is 34.3. The topological polar surface area (TPSA) is 255 Å². The molecule has 272 valence electrons. The number of phenols is 4. The minimum Gasteiger partial charge on any atom is -0.504 e. The molecule has 0 unspecified atom stereocenters. The molecule has 11 atom stereocenters. The number of aromatic hydroxyl groups is 4. The summed E-state index contributed by atoms with van der Waals surface area (Å²) in [4.78, 5) is 12.8. The number of aliphatic hydroxyl groups is 5. The molecule has 0 amide bonds. The quantitative estimate of drug-likeness (QED) is 0.0557. The number of unbranched alkanes of at least 4 members (excludes halogenated alkanes) is 1. The van der Waals surface area contributed by atoms with Gasteiger partial charge >= 0.3 is 5.97 Å². The van der Waals surface area contributed by atoms with Gasteiger partial charge in [0.1, 0.15) is 42.7 Å². The number of benzene rings is 2. The van der Waals surface area contributed by atoms with Crippen LogP contribution in [0.2, 0.25) is 0 Å². The Labute approximate surface area is 281 Å². The molecule has 0 spiro atoms. The molecule has 9 N–H and O–H groups in total. The third-order valence-electron chi connectivity index (χ3n) is 8.14. The van der Waals surface area contributed by atoms with Gasteiger partial charge in [0.25, 0.3) is 0 Å². The zero-order valence-corrected chi connectivity index (χ0v) is 26.9. The molecule has 0 aromatic heterocycles. The Balaban J connectivity index is 1.51. The maximum atomic E-state index is 12.8. The van der Waals surface area contributed by atoms with Crippen molar-refractivity contribution in [2.45, 2.75) is 94.2 Å². The van der Waals surface area contributed by atoms with Crippen molar-refractivity contribution in [2.75, 3.05) is 19.8 Å². The Morgan fingerprint density at radius 1 is 0.816 bits per heavy atom. The van der Waals surface area contributed by atoms with E-state index in [9.17, 15) is 50.8 Å². The second-order valence-corrected chi connectivity index (χ2v) is 11.8. The average Bonchev–Trinajstić information content (AvgIpc) is 3.08. The summed E-state index contributed by atoms with van der Waals surface area (Å²) in [7, 11) is 0. The summed E-state index contributed by atoms with van der Waals surface area (Å²) in [6, 6.07) is 7.92. The first kappa shape index (κ1) is 38.3. The molecule has 2 aliphatic heterocycles. The highest BCUT2D eigenvalue weighted by molar-refractivity contribution is 5.87. The van der Waals surface area contributed by atoms with Crippen molar-refractivity contribution in [2.24, 2.45) is 0 Å². The van der Waals surface area contributed by atoms with Gasteiger partial charge in [-0.25, -0.2) is 4.79 Å². The van der Waals surface area contributed by atoms with Crippen molar-refractivity contribution in [3.8, 4) is 23.0 Å². The Kier molecular flexibility index (Phi) is 13.6. The third-order valence-corrected chi connectivity index (χ3v) is 8.14. The van der Waals surface area contributed by atoms with Crippen molar-refractivity contribution in [1.29, 1.82) is 0 Å². The van der Waals surface area contributed by atoms with E-state index >= 15 is 0 Å². The summed E-state index contributed by atoms with van der Waals surface area (Å²) in [6.45, 7) is 2.95. The average molecular weight is 697 g/mol. The second-order valence-electron chi connectivity index (χ2n) is 11.8. The molecular formula is C33H44O16. The highest BCUT2D eigenvalue weighted by Crippen LogP contribution is 2.32. The van der Waals surface area contributed by atoms with Gasteiger partial charge in [-0.05, 0) is 54.8 Å². The molecular weight excluding hydrogens is 652 g/mol. The first-order valence-corrected chi connectivity index (χ1v) is 15.8. The van der Waals surface area contributed by atoms with E-state index in [-0.39, 0.29) is 23.9 Å². The van der Waals surface area contributed by atoms with E-state index in [2.05, 4.69) is 0 Å². The van der Waals surface area contributed by atoms with Crippen LogP contribution in [0.5, 0.6) is 23.0 Å². The molecule has 49 heavy (non-hydrogen) atoms. The number of carbonyl (C=O) groups excluding carboxylic acids is 1. The number of hydrogen-bond donors (Lipinski definition) is 9. The zero-order valence-electron chi connectivity index (χ0n) is 26.9. The predicted molar refractivity (Wildman–Crippen MR) is 167 cm³/mol. The normalized spacial score (nSPS) is 31.1. The molecule has 4 rings (SSSR count). The van der Waals surface area contributed by atoms with E-state index in [0.29, 0.717) is 24.2 Å². The van der Waals surface area contributed by atoms with Gasteiger partial charge in [0.15, 0.2) is 41.7 Å². The number of carbonyl (C=O) groups is 1. The predicted octanol–water partition coefficient (Wildman–Crippen LogP) is 0.299. The fourth-order valence-corrected chi connectivity index (χ4v) is 5.18. The van der Waals surface area contributed by atoms with Gasteiger partial charge in [-0.15, -0.1) is 0 Å². The number of hydrogen-bond acceptors (Lipinski definition) is 16. The van der Waals surface area contributed by atoms with Gasteiger partial charge in [0, 0.05) is 12.7 Å². The lowest BCUT2D eigenvalue weighted by molar-refractivity contribution is -0.330. The molecule has 16 heteroatoms. The first-order chi connectivity index (χ1) is 23.3. The SMILES string of the molecule is CCCCO[C@H](CO[C@@H]1O[C@H](CO[C@@H]2O[C@@H](C)[C@H](O)[C@@H](O)[C@H]2O)[C@@H](OC(=O)/C=C/c2ccc(O)c(O)c2)[C@H](O)[C@H]1O)c1ccc(O)c(O)c1. The van der Waals surface area contributed by atoms with Crippen LogP contribution in [-0.2, 0) is 33.2 Å². The molecule has 0 radical (unpaired) electrons. The molecule has 2 saturated heterocycles. The number of rotatable bonds is 14. The van der Waals surface area contributed by atoms with E-state index < -0.39 is 85.8 Å². The van der Waals surface area contributed by atoms with Crippen molar-refractivity contribution in [1.82, 2.24) is 0 Å². The fourth-order valence-electron chi connectivity index (χ4n) is 5.18. The molecule has 2 aromatic rings. The van der Waals surface area contributed by atoms with Crippen LogP contribution in [0.4, 0.5) is 0 Å². The highest BCUT2D eigenvalue weighted by Gasteiger charge is 2.49. The smallest absolute Gasteiger partial charge is 0.331 e. The van der Waals surface area contributed by atoms with Crippen LogP contribution in [-0.4, -0.2) is 133 Å². The van der Waals surface area contributed by atoms with Crippen molar-refractivity contribution >= 4 is 12.0 Å². The maximum absolute atomic E-state index is 12.8. The lowest BCUT2D eigenvalue weighted by atomic mass is 9.98. The van der Waals surface area contributed by atoms with Crippen LogP contribution >= 0.6 is 0 Å². The van der Waals surface area contributed by atoms with E-state index in [0.717, 1.165) is 12.5 Å². The van der Waals surface area contributed by atoms with Gasteiger partial charge in [0.05, 0.1) is 19.3 Å². The van der Waals surface area contributed by atoms with Gasteiger partial charge in [-0.2, -0.15) is 0 Å². The van der Waals surface area contributed by atoms with Crippen molar-refractivity contribution < 1.29 is 79.2 Å². The summed E-state index contributed by atoms with van der Waals surface area (Å²) in [5.41, 5.74) is 0.771. The highest BCUT2D eigenvalue weighted by atomic mass is 16.7. The number of ether oxygens (including phenoxy) is 6. The van der Waals surface area contributed by atoms with Gasteiger partial charge in [-0.1, -0.05) is 25.5 Å². The Bertz CT molecular complexity index is 1400. The minimum atomic E-state index is -1.80. The molecule has 0 bridgehead atoms. The summed E-state index contributed by atoms with van der Waals surface area (Å²) in [5, 5.41) is 91.8. The standard InChI is InChI=1S/C33H44O16/c1-3-4-11-44-23(18-7-9-20(35)22(37)13-18)14-45-33-30(43)28(41)31(49-25(38)10-6-17-5-8-19(34)21(36)12-17)24(48-33)15-46-32-29(42)27(40)26(39)16(2)47-32/h5-10,12-13,16,23-24,26-37,39-43H,3-4,11,14-15H2,1-2H3/b10-6+/t16-,23+,24+,26-,27+,28+,29+,30+,31+,32+,33+/m0/s1. The van der Waals surface area contributed by atoms with Crippen LogP contribution in [0.1, 0.15) is 43.9 Å². The lowest BCUT2D eigenvalue weighted by Gasteiger charge is -2.43. The summed E-state index contributed by atoms with van der Waals surface area (Å²) >= 11 is 0. The van der Waals surface area contributed by atoms with Crippen molar-refractivity contribution in [3.63, 3.8) is 0 Å². The van der Waals surface area contributed by atoms with Crippen LogP contribution in [0.25, 0.3) is 6.08 Å². The molecule has 0 saturated carbocycles. The lowest BCUT2D eigenvalue weighted by Crippen LogP contribution is -2.62. The Morgan fingerprint density at radius 2 is 1.47 bits per heavy atom. The van der Waals surface area contributed by atoms with Gasteiger partial charge in [-0.3, -0.25) is 0 Å². The summed E-state index contributed by atoms with van der Waals surface area (Å²) in [5.74, 6) is -2.50. The largest absolute Gasteiger partial charge is 0.504 e. The van der Waals surface area contributed by atoms with E-state index in [1.807, 2.05) is 6.92 Å². The van der Waals surface area contributed by atoms with Crippen LogP contribution < -0.4 is 0 Å². The molecule has 2 aliphatic rings. The van der Waals surface area contributed by atoms with E-state index in [1.54, 1.807) is 0 Å². The Hall–Kier alpha value is -3.55. The van der Waals surface area contributed by atoms with E-state index in [1.165, 1.54) is 49.4 Å². The van der Waals surface area contributed by atoms with E-state index in [4.69, 9.17) is 28.4 Å².